The monoisotopic (exact) mass is 314 g/mol. The highest BCUT2D eigenvalue weighted by atomic mass is 16.2. The van der Waals surface area contributed by atoms with Crippen molar-refractivity contribution in [2.24, 2.45) is 5.92 Å². The Balaban J connectivity index is 1.31. The molecule has 1 aliphatic heterocycles. The van der Waals surface area contributed by atoms with E-state index in [0.29, 0.717) is 24.9 Å². The van der Waals surface area contributed by atoms with Crippen molar-refractivity contribution in [1.82, 2.24) is 29.4 Å². The van der Waals surface area contributed by atoms with Crippen molar-refractivity contribution in [1.29, 1.82) is 0 Å². The zero-order chi connectivity index (χ0) is 15.8. The first-order chi connectivity index (χ1) is 11.2. The summed E-state index contributed by atoms with van der Waals surface area (Å²) in [5.74, 6) is 0.802. The maximum absolute atomic E-state index is 12.2. The number of amides is 1. The lowest BCUT2D eigenvalue weighted by atomic mass is 10.0. The van der Waals surface area contributed by atoms with Crippen molar-refractivity contribution in [3.05, 3.63) is 40.8 Å². The van der Waals surface area contributed by atoms with Gasteiger partial charge < -0.3 is 4.90 Å². The Morgan fingerprint density at radius 3 is 2.78 bits per heavy atom. The third kappa shape index (κ3) is 3.01. The highest BCUT2D eigenvalue weighted by molar-refractivity contribution is 5.76. The Morgan fingerprint density at radius 2 is 2.13 bits per heavy atom. The van der Waals surface area contributed by atoms with E-state index in [9.17, 15) is 9.59 Å². The van der Waals surface area contributed by atoms with Gasteiger partial charge in [0.25, 0.3) is 5.56 Å². The molecule has 0 atom stereocenters. The Morgan fingerprint density at radius 1 is 1.30 bits per heavy atom. The van der Waals surface area contributed by atoms with Crippen molar-refractivity contribution in [3.63, 3.8) is 0 Å². The van der Waals surface area contributed by atoms with E-state index in [2.05, 4.69) is 15.3 Å². The first-order valence-corrected chi connectivity index (χ1v) is 7.87. The third-order valence-corrected chi connectivity index (χ3v) is 4.43. The lowest BCUT2D eigenvalue weighted by Gasteiger charge is -2.39. The fourth-order valence-electron chi connectivity index (χ4n) is 2.89. The number of nitrogens with zero attached hydrogens (tertiary/aromatic N) is 6. The van der Waals surface area contributed by atoms with Crippen molar-refractivity contribution in [3.8, 4) is 0 Å². The van der Waals surface area contributed by atoms with Gasteiger partial charge >= 0.3 is 0 Å². The highest BCUT2D eigenvalue weighted by Crippen LogP contribution is 2.38. The number of hydrogen-bond donors (Lipinski definition) is 0. The van der Waals surface area contributed by atoms with Crippen LogP contribution in [0.3, 0.4) is 0 Å². The quantitative estimate of drug-likeness (QED) is 0.767. The molecule has 23 heavy (non-hydrogen) atoms. The summed E-state index contributed by atoms with van der Waals surface area (Å²) in [6.07, 6.45) is 7.18. The maximum Gasteiger partial charge on any atom is 0.254 e. The summed E-state index contributed by atoms with van der Waals surface area (Å²) in [5, 5.41) is 7.69. The first-order valence-electron chi connectivity index (χ1n) is 7.87. The summed E-state index contributed by atoms with van der Waals surface area (Å²) in [5.41, 5.74) is 0.713. The highest BCUT2D eigenvalue weighted by Gasteiger charge is 2.31. The molecule has 1 saturated carbocycles. The van der Waals surface area contributed by atoms with Crippen molar-refractivity contribution < 1.29 is 4.79 Å². The van der Waals surface area contributed by atoms with E-state index in [4.69, 9.17) is 0 Å². The fourth-order valence-corrected chi connectivity index (χ4v) is 2.89. The Bertz CT molecular complexity index is 759. The van der Waals surface area contributed by atoms with E-state index in [1.165, 1.54) is 10.9 Å². The molecule has 3 heterocycles. The maximum atomic E-state index is 12.2. The minimum absolute atomic E-state index is 0.0390. The van der Waals surface area contributed by atoms with Gasteiger partial charge in [-0.2, -0.15) is 0 Å². The van der Waals surface area contributed by atoms with Crippen molar-refractivity contribution in [2.75, 3.05) is 13.1 Å². The summed E-state index contributed by atoms with van der Waals surface area (Å²) in [6, 6.07) is 1.56. The summed E-state index contributed by atoms with van der Waals surface area (Å²) in [4.78, 5) is 30.3. The van der Waals surface area contributed by atoms with Crippen LogP contribution in [0.25, 0.3) is 0 Å². The molecule has 0 unspecified atom stereocenters. The first kappa shape index (κ1) is 14.1. The van der Waals surface area contributed by atoms with Crippen LogP contribution in [0.5, 0.6) is 0 Å². The van der Waals surface area contributed by atoms with Crippen LogP contribution in [0.15, 0.2) is 29.6 Å². The minimum atomic E-state index is -0.144. The van der Waals surface area contributed by atoms with Crippen LogP contribution in [0.2, 0.25) is 0 Å². The molecule has 0 bridgehead atoms. The van der Waals surface area contributed by atoms with E-state index in [1.54, 1.807) is 21.8 Å². The van der Waals surface area contributed by atoms with Crippen LogP contribution in [0.1, 0.15) is 24.5 Å². The Kier molecular flexibility index (Phi) is 3.44. The zero-order valence-electron chi connectivity index (χ0n) is 12.7. The number of hydrogen-bond acceptors (Lipinski definition) is 5. The van der Waals surface area contributed by atoms with Gasteiger partial charge in [-0.1, -0.05) is 5.21 Å². The predicted octanol–water partition coefficient (Wildman–Crippen LogP) is -0.129. The number of rotatable bonds is 5. The van der Waals surface area contributed by atoms with Gasteiger partial charge in [0, 0.05) is 43.7 Å². The number of carbonyl (C=O) groups is 1. The van der Waals surface area contributed by atoms with E-state index in [-0.39, 0.29) is 18.0 Å². The second kappa shape index (κ2) is 5.60. The van der Waals surface area contributed by atoms with Crippen LogP contribution in [-0.4, -0.2) is 48.4 Å². The molecule has 0 aromatic carbocycles. The summed E-state index contributed by atoms with van der Waals surface area (Å²) in [6.45, 7) is 2.22. The molecule has 1 amide bonds. The topological polar surface area (TPSA) is 85.9 Å². The molecule has 120 valence electrons. The molecular formula is C15H18N6O2. The molecule has 2 aromatic heterocycles. The fraction of sp³-hybridized carbons (Fsp3) is 0.533. The average Bonchev–Trinajstić information content (AvgIpc) is 3.21. The van der Waals surface area contributed by atoms with Gasteiger partial charge in [-0.05, 0) is 12.8 Å². The minimum Gasteiger partial charge on any atom is -0.340 e. The van der Waals surface area contributed by atoms with Crippen molar-refractivity contribution >= 4 is 5.91 Å². The molecule has 2 aliphatic rings. The molecule has 0 radical (unpaired) electrons. The third-order valence-electron chi connectivity index (χ3n) is 4.43. The van der Waals surface area contributed by atoms with Gasteiger partial charge in [-0.3, -0.25) is 18.8 Å². The molecule has 1 aliphatic carbocycles. The smallest absolute Gasteiger partial charge is 0.254 e. The van der Waals surface area contributed by atoms with Gasteiger partial charge in [0.05, 0.1) is 18.2 Å². The Labute approximate surface area is 132 Å². The normalized spacial score (nSPS) is 18.0. The summed E-state index contributed by atoms with van der Waals surface area (Å²) < 4.78 is 3.16. The van der Waals surface area contributed by atoms with Crippen LogP contribution < -0.4 is 5.56 Å². The molecule has 4 rings (SSSR count). The van der Waals surface area contributed by atoms with Gasteiger partial charge in [0.1, 0.15) is 6.54 Å². The molecule has 8 heteroatoms. The van der Waals surface area contributed by atoms with Crippen LogP contribution >= 0.6 is 0 Å². The SMILES string of the molecule is O=C(Cn1cnc(C2CC2)cc1=O)N1CC(Cn2ccnn2)C1. The van der Waals surface area contributed by atoms with Crippen LogP contribution in [-0.2, 0) is 17.9 Å². The van der Waals surface area contributed by atoms with Crippen LogP contribution in [0.4, 0.5) is 0 Å². The predicted molar refractivity (Wildman–Crippen MR) is 80.6 cm³/mol. The molecule has 0 N–H and O–H groups in total. The van der Waals surface area contributed by atoms with E-state index >= 15 is 0 Å². The standard InChI is InChI=1S/C15H18N6O2/c22-14-5-13(12-1-2-12)16-10-20(14)9-15(23)19-6-11(7-19)8-21-4-3-17-18-21/h3-5,10-12H,1-2,6-9H2. The number of aromatic nitrogens is 5. The van der Waals surface area contributed by atoms with Crippen molar-refractivity contribution in [2.45, 2.75) is 31.8 Å². The molecule has 8 nitrogen and oxygen atoms in total. The molecule has 2 aromatic rings. The second-order valence-electron chi connectivity index (χ2n) is 6.34. The zero-order valence-corrected chi connectivity index (χ0v) is 12.7. The second-order valence-corrected chi connectivity index (χ2v) is 6.34. The van der Waals surface area contributed by atoms with Gasteiger partial charge in [0.2, 0.25) is 5.91 Å². The van der Waals surface area contributed by atoms with Gasteiger partial charge in [-0.25, -0.2) is 4.98 Å². The van der Waals surface area contributed by atoms with E-state index in [1.807, 2.05) is 6.20 Å². The van der Waals surface area contributed by atoms with Gasteiger partial charge in [0.15, 0.2) is 0 Å². The molecular weight excluding hydrogens is 296 g/mol. The van der Waals surface area contributed by atoms with E-state index in [0.717, 1.165) is 25.1 Å². The summed E-state index contributed by atoms with van der Waals surface area (Å²) in [7, 11) is 0. The van der Waals surface area contributed by atoms with E-state index < -0.39 is 0 Å². The van der Waals surface area contributed by atoms with Gasteiger partial charge in [-0.15, -0.1) is 5.10 Å². The summed E-state index contributed by atoms with van der Waals surface area (Å²) >= 11 is 0. The Hall–Kier alpha value is -2.51. The molecule has 2 fully saturated rings. The number of likely N-dealkylation sites (tertiary alicyclic amines) is 1. The molecule has 1 saturated heterocycles. The average molecular weight is 314 g/mol. The number of carbonyl (C=O) groups excluding carboxylic acids is 1. The van der Waals surface area contributed by atoms with Crippen LogP contribution in [0, 0.1) is 5.92 Å². The molecule has 0 spiro atoms. The lowest BCUT2D eigenvalue weighted by molar-refractivity contribution is -0.138. The largest absolute Gasteiger partial charge is 0.340 e. The lowest BCUT2D eigenvalue weighted by Crippen LogP contribution is -2.52.